The Bertz CT molecular complexity index is 1690. The predicted molar refractivity (Wildman–Crippen MR) is 151 cm³/mol. The maximum absolute atomic E-state index is 13.6. The fourth-order valence-electron chi connectivity index (χ4n) is 4.71. The number of aromatic nitrogens is 2. The number of amides is 2. The molecule has 2 aromatic carbocycles. The highest BCUT2D eigenvalue weighted by molar-refractivity contribution is 7.20. The van der Waals surface area contributed by atoms with Gasteiger partial charge in [-0.05, 0) is 62.6 Å². The Morgan fingerprint density at radius 2 is 1.92 bits per heavy atom. The number of nitrogens with one attached hydrogen (secondary N) is 1. The van der Waals surface area contributed by atoms with Crippen molar-refractivity contribution in [2.45, 2.75) is 40.2 Å². The van der Waals surface area contributed by atoms with E-state index >= 15 is 0 Å². The molecule has 9 nitrogen and oxygen atoms in total. The molecular formula is C29H28N4O5S. The molecule has 1 aliphatic heterocycles. The third-order valence-corrected chi connectivity index (χ3v) is 8.10. The third-order valence-electron chi connectivity index (χ3n) is 6.91. The molecule has 1 N–H and O–H groups in total. The molecule has 1 unspecified atom stereocenters. The lowest BCUT2D eigenvalue weighted by Gasteiger charge is -2.29. The van der Waals surface area contributed by atoms with Crippen LogP contribution < -0.4 is 20.5 Å². The number of aryl methyl sites for hydroxylation is 2. The van der Waals surface area contributed by atoms with E-state index in [9.17, 15) is 19.2 Å². The molecule has 0 spiro atoms. The number of hydrogen-bond donors (Lipinski definition) is 1. The van der Waals surface area contributed by atoms with Gasteiger partial charge < -0.3 is 15.0 Å². The van der Waals surface area contributed by atoms with E-state index in [2.05, 4.69) is 10.3 Å². The zero-order valence-corrected chi connectivity index (χ0v) is 22.9. The summed E-state index contributed by atoms with van der Waals surface area (Å²) in [5, 5.41) is 3.22. The van der Waals surface area contributed by atoms with Crippen molar-refractivity contribution in [3.05, 3.63) is 80.7 Å². The van der Waals surface area contributed by atoms with Gasteiger partial charge in [-0.1, -0.05) is 25.1 Å². The average molecular weight is 545 g/mol. The Balaban J connectivity index is 1.46. The van der Waals surface area contributed by atoms with Crippen LogP contribution in [0.25, 0.3) is 10.2 Å². The van der Waals surface area contributed by atoms with E-state index in [0.717, 1.165) is 23.3 Å². The lowest BCUT2D eigenvalue weighted by atomic mass is 10.0. The van der Waals surface area contributed by atoms with Crippen molar-refractivity contribution in [3.63, 3.8) is 0 Å². The van der Waals surface area contributed by atoms with E-state index < -0.39 is 11.6 Å². The molecule has 39 heavy (non-hydrogen) atoms. The van der Waals surface area contributed by atoms with Crippen LogP contribution in [0.3, 0.4) is 0 Å². The number of ether oxygens (including phenoxy) is 1. The molecule has 2 aromatic heterocycles. The van der Waals surface area contributed by atoms with Crippen molar-refractivity contribution in [3.8, 4) is 5.75 Å². The number of hydrogen-bond acceptors (Lipinski definition) is 7. The molecule has 200 valence electrons. The van der Waals surface area contributed by atoms with E-state index in [1.165, 1.54) is 10.9 Å². The highest BCUT2D eigenvalue weighted by atomic mass is 32.1. The van der Waals surface area contributed by atoms with Crippen molar-refractivity contribution in [1.29, 1.82) is 0 Å². The summed E-state index contributed by atoms with van der Waals surface area (Å²) in [6.45, 7) is 7.70. The fraction of sp³-hybridized carbons (Fsp3) is 0.276. The minimum Gasteiger partial charge on any atom is -0.482 e. The first-order valence-corrected chi connectivity index (χ1v) is 13.5. The number of carbonyl (C=O) groups is 3. The van der Waals surface area contributed by atoms with E-state index in [1.54, 1.807) is 36.9 Å². The molecule has 3 heterocycles. The largest absolute Gasteiger partial charge is 0.482 e. The maximum atomic E-state index is 13.6. The Kier molecular flexibility index (Phi) is 7.05. The lowest BCUT2D eigenvalue weighted by molar-refractivity contribution is -0.121. The highest BCUT2D eigenvalue weighted by Gasteiger charge is 2.28. The van der Waals surface area contributed by atoms with Crippen molar-refractivity contribution in [2.75, 3.05) is 23.4 Å². The molecule has 10 heteroatoms. The lowest BCUT2D eigenvalue weighted by Crippen LogP contribution is -2.39. The predicted octanol–water partition coefficient (Wildman–Crippen LogP) is 4.91. The Hall–Kier alpha value is -4.31. The number of ketones is 1. The second kappa shape index (κ2) is 10.5. The number of Topliss-reactive ketones (excluding diaryl/α,β-unsaturated/α-hetero) is 1. The summed E-state index contributed by atoms with van der Waals surface area (Å²) in [4.78, 5) is 59.4. The van der Waals surface area contributed by atoms with E-state index in [0.29, 0.717) is 49.9 Å². The summed E-state index contributed by atoms with van der Waals surface area (Å²) in [6.07, 6.45) is 2.10. The van der Waals surface area contributed by atoms with Gasteiger partial charge in [0.1, 0.15) is 10.6 Å². The van der Waals surface area contributed by atoms with Crippen LogP contribution in [0.2, 0.25) is 0 Å². The number of carbonyl (C=O) groups excluding carboxylic acids is 3. The van der Waals surface area contributed by atoms with Gasteiger partial charge in [0.25, 0.3) is 17.4 Å². The Labute approximate surface area is 229 Å². The van der Waals surface area contributed by atoms with Gasteiger partial charge in [-0.25, -0.2) is 4.98 Å². The first kappa shape index (κ1) is 26.3. The highest BCUT2D eigenvalue weighted by Crippen LogP contribution is 2.34. The molecule has 2 amide bonds. The molecule has 0 fully saturated rings. The quantitative estimate of drug-likeness (QED) is 0.331. The van der Waals surface area contributed by atoms with Crippen LogP contribution in [0.1, 0.15) is 57.5 Å². The van der Waals surface area contributed by atoms with Gasteiger partial charge in [0.2, 0.25) is 0 Å². The molecule has 1 aliphatic rings. The Morgan fingerprint density at radius 3 is 2.67 bits per heavy atom. The van der Waals surface area contributed by atoms with Gasteiger partial charge in [0.15, 0.2) is 12.4 Å². The molecular weight excluding hydrogens is 516 g/mol. The average Bonchev–Trinajstić information content (AvgIpc) is 3.28. The number of anilines is 2. The SMILES string of the molecule is CCCN1C(=O)COc2ccc(C(=O)C(C)n3cnc4sc(C(=O)Nc5ccccc5C)c(C)c4c3=O)cc21. The number of fused-ring (bicyclic) bond motifs is 2. The van der Waals surface area contributed by atoms with Crippen LogP contribution in [0.5, 0.6) is 5.75 Å². The number of thiophene rings is 1. The Morgan fingerprint density at radius 1 is 1.15 bits per heavy atom. The minimum atomic E-state index is -0.865. The van der Waals surface area contributed by atoms with E-state index in [1.807, 2.05) is 38.1 Å². The summed E-state index contributed by atoms with van der Waals surface area (Å²) in [6, 6.07) is 11.5. The number of benzene rings is 2. The van der Waals surface area contributed by atoms with Crippen LogP contribution in [-0.2, 0) is 4.79 Å². The van der Waals surface area contributed by atoms with Crippen molar-refractivity contribution < 1.29 is 19.1 Å². The van der Waals surface area contributed by atoms with Crippen LogP contribution in [0.15, 0.2) is 53.6 Å². The van der Waals surface area contributed by atoms with Gasteiger partial charge in [0, 0.05) is 17.8 Å². The monoisotopic (exact) mass is 544 g/mol. The molecule has 0 bridgehead atoms. The first-order valence-electron chi connectivity index (χ1n) is 12.7. The zero-order chi connectivity index (χ0) is 27.8. The van der Waals surface area contributed by atoms with Gasteiger partial charge in [-0.15, -0.1) is 11.3 Å². The molecule has 4 aromatic rings. The molecule has 0 aliphatic carbocycles. The van der Waals surface area contributed by atoms with E-state index in [4.69, 9.17) is 4.74 Å². The number of rotatable bonds is 7. The molecule has 5 rings (SSSR count). The molecule has 1 atom stereocenters. The second-order valence-corrected chi connectivity index (χ2v) is 10.5. The summed E-state index contributed by atoms with van der Waals surface area (Å²) < 4.78 is 6.83. The summed E-state index contributed by atoms with van der Waals surface area (Å²) in [5.74, 6) is -0.246. The van der Waals surface area contributed by atoms with Crippen molar-refractivity contribution in [2.24, 2.45) is 0 Å². The number of para-hydroxylation sites is 1. The second-order valence-electron chi connectivity index (χ2n) is 9.52. The summed E-state index contributed by atoms with van der Waals surface area (Å²) in [5.41, 5.74) is 2.64. The van der Waals surface area contributed by atoms with Crippen molar-refractivity contribution >= 4 is 50.5 Å². The maximum Gasteiger partial charge on any atom is 0.266 e. The third kappa shape index (κ3) is 4.72. The minimum absolute atomic E-state index is 0.0390. The molecule has 0 radical (unpaired) electrons. The van der Waals surface area contributed by atoms with Crippen molar-refractivity contribution in [1.82, 2.24) is 9.55 Å². The first-order chi connectivity index (χ1) is 18.7. The smallest absolute Gasteiger partial charge is 0.266 e. The normalized spacial score (nSPS) is 13.6. The summed E-state index contributed by atoms with van der Waals surface area (Å²) in [7, 11) is 0. The molecule has 0 saturated carbocycles. The van der Waals surface area contributed by atoms with Crippen LogP contribution >= 0.6 is 11.3 Å². The summed E-state index contributed by atoms with van der Waals surface area (Å²) >= 11 is 1.14. The zero-order valence-electron chi connectivity index (χ0n) is 22.1. The number of nitrogens with zero attached hydrogens (tertiary/aromatic N) is 3. The van der Waals surface area contributed by atoms with Gasteiger partial charge in [-0.3, -0.25) is 23.7 Å². The van der Waals surface area contributed by atoms with Crippen LogP contribution in [-0.4, -0.2) is 40.3 Å². The topological polar surface area (TPSA) is 111 Å². The van der Waals surface area contributed by atoms with Crippen LogP contribution in [0.4, 0.5) is 11.4 Å². The van der Waals surface area contributed by atoms with E-state index in [-0.39, 0.29) is 24.2 Å². The van der Waals surface area contributed by atoms with Gasteiger partial charge >= 0.3 is 0 Å². The van der Waals surface area contributed by atoms with Gasteiger partial charge in [-0.2, -0.15) is 0 Å². The van der Waals surface area contributed by atoms with Crippen LogP contribution in [0, 0.1) is 13.8 Å². The van der Waals surface area contributed by atoms with Gasteiger partial charge in [0.05, 0.1) is 28.3 Å². The molecule has 0 saturated heterocycles. The fourth-order valence-corrected chi connectivity index (χ4v) is 5.75. The standard InChI is InChI=1S/C29H28N4O5S/c1-5-12-32-21-13-19(10-11-22(21)38-14-23(32)34)25(35)18(4)33-15-30-28-24(29(33)37)17(3)26(39-28)27(36)31-20-9-7-6-8-16(20)2/h6-11,13,15,18H,5,12,14H2,1-4H3,(H,31,36).